The molecule has 2 atom stereocenters. The van der Waals surface area contributed by atoms with Crippen molar-refractivity contribution in [2.75, 3.05) is 6.61 Å². The van der Waals surface area contributed by atoms with E-state index in [1.54, 1.807) is 0 Å². The lowest BCUT2D eigenvalue weighted by molar-refractivity contribution is -0.164. The first-order chi connectivity index (χ1) is 26.7. The van der Waals surface area contributed by atoms with Crippen LogP contribution in [-0.2, 0) is 31.8 Å². The fourth-order valence-electron chi connectivity index (χ4n) is 7.02. The number of carbonyl (C=O) groups is 2. The average molecular weight is 838 g/mol. The first-order valence-corrected chi connectivity index (χ1v) is 19.6. The van der Waals surface area contributed by atoms with Gasteiger partial charge in [0.15, 0.2) is 11.8 Å². The zero-order valence-corrected chi connectivity index (χ0v) is 32.3. The van der Waals surface area contributed by atoms with Gasteiger partial charge in [-0.3, -0.25) is 15.1 Å². The van der Waals surface area contributed by atoms with Gasteiger partial charge < -0.3 is 15.4 Å². The number of halogens is 6. The first-order valence-electron chi connectivity index (χ1n) is 17.8. The maximum absolute atomic E-state index is 16.1. The van der Waals surface area contributed by atoms with Gasteiger partial charge in [0.25, 0.3) is 15.9 Å². The van der Waals surface area contributed by atoms with Crippen LogP contribution in [0, 0.1) is 16.6 Å². The molecule has 0 unspecified atom stereocenters. The van der Waals surface area contributed by atoms with Gasteiger partial charge in [0.1, 0.15) is 36.5 Å². The van der Waals surface area contributed by atoms with Crippen LogP contribution in [0.1, 0.15) is 75.9 Å². The van der Waals surface area contributed by atoms with Gasteiger partial charge in [0.05, 0.1) is 34.4 Å². The Morgan fingerprint density at radius 1 is 1.14 bits per heavy atom. The standard InChI is InChI=1S/C36H37ClF5N9O5S/c1-33(2,3)18-35(22-5-8-24(26(39)13-22)21-15-45-49(16-21)57(54,55)23-6-7-23)30(52)50(31(43)47-35)28(17-56-32(53)48-34(10-11-34)36(40,41)42)20-4-9-25(37)27(12-20)51-29(14-38)44-19-46-51/h4-5,8-9,12-13,15-16,19,23,28H,6-7,10-11,14,17-18H2,1-3H3,(H2,43,47)(H,48,53)/t28-,35-/m1/s1. The van der Waals surface area contributed by atoms with Gasteiger partial charge >= 0.3 is 12.3 Å². The molecule has 2 aromatic carbocycles. The van der Waals surface area contributed by atoms with Crippen molar-refractivity contribution in [1.82, 2.24) is 39.5 Å². The van der Waals surface area contributed by atoms with Crippen LogP contribution in [0.2, 0.25) is 5.02 Å². The number of guanidine groups is 1. The van der Waals surface area contributed by atoms with Crippen LogP contribution >= 0.6 is 11.6 Å². The molecule has 14 nitrogen and oxygen atoms in total. The number of nitrogens with one attached hydrogen (secondary N) is 3. The van der Waals surface area contributed by atoms with Crippen LogP contribution in [0.25, 0.3) is 16.8 Å². The van der Waals surface area contributed by atoms with E-state index in [0.717, 1.165) is 26.1 Å². The van der Waals surface area contributed by atoms with Crippen molar-refractivity contribution in [3.05, 3.63) is 82.9 Å². The van der Waals surface area contributed by atoms with Crippen molar-refractivity contribution in [3.8, 4) is 16.8 Å². The van der Waals surface area contributed by atoms with E-state index in [1.807, 2.05) is 26.1 Å². The molecule has 2 saturated carbocycles. The van der Waals surface area contributed by atoms with Crippen molar-refractivity contribution in [3.63, 3.8) is 0 Å². The number of hydrogen-bond donors (Lipinski definition) is 3. The highest BCUT2D eigenvalue weighted by molar-refractivity contribution is 7.90. The van der Waals surface area contributed by atoms with E-state index < -0.39 is 81.0 Å². The summed E-state index contributed by atoms with van der Waals surface area (Å²) in [5.41, 5.74) is -4.40. The fourth-order valence-corrected chi connectivity index (χ4v) is 8.69. The highest BCUT2D eigenvalue weighted by atomic mass is 35.5. The summed E-state index contributed by atoms with van der Waals surface area (Å²) in [6.07, 6.45) is -2.35. The number of alkyl carbamates (subject to hydrolysis) is 1. The predicted octanol–water partition coefficient (Wildman–Crippen LogP) is 6.29. The zero-order valence-electron chi connectivity index (χ0n) is 30.7. The Kier molecular flexibility index (Phi) is 9.90. The van der Waals surface area contributed by atoms with Gasteiger partial charge in [-0.1, -0.05) is 50.6 Å². The van der Waals surface area contributed by atoms with Crippen LogP contribution in [0.15, 0.2) is 55.1 Å². The highest BCUT2D eigenvalue weighted by Gasteiger charge is 2.65. The maximum atomic E-state index is 16.1. The SMILES string of the molecule is CC(C)(C)C[C@]1(c2ccc(-c3cnn(S(=O)(=O)C4CC4)c3)c(F)c2)NC(=N)N([C@H](COC(=O)NC2(C(F)(F)F)CC2)c2ccc(Cl)c(-n3ncnc3CF)c2)C1=O. The molecule has 2 aromatic heterocycles. The maximum Gasteiger partial charge on any atom is 0.411 e. The van der Waals surface area contributed by atoms with Gasteiger partial charge in [-0.25, -0.2) is 31.7 Å². The molecule has 7 rings (SSSR count). The summed E-state index contributed by atoms with van der Waals surface area (Å²) < 4.78 is 104. The molecule has 1 saturated heterocycles. The summed E-state index contributed by atoms with van der Waals surface area (Å²) in [6.45, 7) is 3.67. The summed E-state index contributed by atoms with van der Waals surface area (Å²) in [6, 6.07) is 6.75. The van der Waals surface area contributed by atoms with Gasteiger partial charge in [-0.15, -0.1) is 0 Å². The number of nitrogens with zero attached hydrogens (tertiary/aromatic N) is 6. The van der Waals surface area contributed by atoms with E-state index in [4.69, 9.17) is 21.7 Å². The van der Waals surface area contributed by atoms with Crippen LogP contribution in [0.3, 0.4) is 0 Å². The third-order valence-corrected chi connectivity index (χ3v) is 12.5. The summed E-state index contributed by atoms with van der Waals surface area (Å²) in [4.78, 5) is 32.7. The Hall–Kier alpha value is -5.11. The number of rotatable bonds is 12. The monoisotopic (exact) mass is 837 g/mol. The topological polar surface area (TPSA) is 177 Å². The molecule has 2 aliphatic carbocycles. The van der Waals surface area contributed by atoms with E-state index in [9.17, 15) is 35.6 Å². The van der Waals surface area contributed by atoms with Gasteiger partial charge in [0.2, 0.25) is 0 Å². The van der Waals surface area contributed by atoms with Gasteiger partial charge in [-0.2, -0.15) is 27.5 Å². The molecule has 2 amide bonds. The number of benzene rings is 2. The molecule has 0 spiro atoms. The van der Waals surface area contributed by atoms with E-state index in [1.165, 1.54) is 42.7 Å². The van der Waals surface area contributed by atoms with Crippen molar-refractivity contribution in [2.24, 2.45) is 5.41 Å². The summed E-state index contributed by atoms with van der Waals surface area (Å²) in [5, 5.41) is 21.4. The molecule has 57 heavy (non-hydrogen) atoms. The minimum absolute atomic E-state index is 0.00156. The normalized spacial score (nSPS) is 20.1. The molecular weight excluding hydrogens is 801 g/mol. The van der Waals surface area contributed by atoms with Crippen LogP contribution < -0.4 is 10.6 Å². The van der Waals surface area contributed by atoms with Crippen molar-refractivity contribution >= 4 is 39.6 Å². The Morgan fingerprint density at radius 2 is 1.86 bits per heavy atom. The summed E-state index contributed by atoms with van der Waals surface area (Å²) >= 11 is 6.48. The second-order valence-electron chi connectivity index (χ2n) is 15.6. The minimum atomic E-state index is -4.74. The van der Waals surface area contributed by atoms with Crippen molar-refractivity contribution < 1.29 is 44.7 Å². The van der Waals surface area contributed by atoms with E-state index in [2.05, 4.69) is 20.5 Å². The fraction of sp³-hybridized carbons (Fsp3) is 0.444. The van der Waals surface area contributed by atoms with E-state index >= 15 is 4.39 Å². The number of carbonyl (C=O) groups excluding carboxylic acids is 2. The number of amides is 2. The van der Waals surface area contributed by atoms with Crippen LogP contribution in [0.5, 0.6) is 0 Å². The predicted molar refractivity (Wildman–Crippen MR) is 195 cm³/mol. The molecule has 4 aromatic rings. The number of alkyl halides is 4. The molecule has 304 valence electrons. The molecule has 3 fully saturated rings. The zero-order chi connectivity index (χ0) is 41.3. The number of ether oxygens (including phenoxy) is 1. The minimum Gasteiger partial charge on any atom is -0.447 e. The third-order valence-electron chi connectivity index (χ3n) is 10.1. The van der Waals surface area contributed by atoms with Crippen molar-refractivity contribution in [2.45, 2.75) is 88.1 Å². The average Bonchev–Trinajstić information content (AvgIpc) is 4.01. The number of aromatic nitrogens is 5. The highest BCUT2D eigenvalue weighted by Crippen LogP contribution is 2.49. The van der Waals surface area contributed by atoms with Gasteiger partial charge in [-0.05, 0) is 66.8 Å². The van der Waals surface area contributed by atoms with Crippen LogP contribution in [0.4, 0.5) is 26.7 Å². The molecule has 1 aliphatic heterocycles. The van der Waals surface area contributed by atoms with Crippen molar-refractivity contribution in [1.29, 1.82) is 5.41 Å². The second kappa shape index (κ2) is 14.1. The number of hydrogen-bond acceptors (Lipinski definition) is 9. The largest absolute Gasteiger partial charge is 0.447 e. The smallest absolute Gasteiger partial charge is 0.411 e. The second-order valence-corrected chi connectivity index (χ2v) is 18.1. The molecule has 0 radical (unpaired) electrons. The Morgan fingerprint density at radius 3 is 2.47 bits per heavy atom. The Bertz CT molecular complexity index is 2370. The molecule has 21 heteroatoms. The molecular formula is C36H37ClF5N9O5S. The lowest BCUT2D eigenvalue weighted by atomic mass is 9.75. The molecule has 3 heterocycles. The lowest BCUT2D eigenvalue weighted by Gasteiger charge is -2.35. The first kappa shape index (κ1) is 40.1. The quantitative estimate of drug-likeness (QED) is 0.138. The molecule has 3 aliphatic rings. The summed E-state index contributed by atoms with van der Waals surface area (Å²) in [5.74, 6) is -2.24. The summed E-state index contributed by atoms with van der Waals surface area (Å²) in [7, 11) is -3.73. The molecule has 3 N–H and O–H groups in total. The van der Waals surface area contributed by atoms with E-state index in [-0.39, 0.29) is 58.1 Å². The lowest BCUT2D eigenvalue weighted by Crippen LogP contribution is -2.49. The third kappa shape index (κ3) is 7.44. The van der Waals surface area contributed by atoms with Crippen LogP contribution in [-0.4, -0.2) is 78.8 Å². The molecule has 0 bridgehead atoms. The van der Waals surface area contributed by atoms with Gasteiger partial charge in [0, 0.05) is 11.1 Å². The Balaban J connectivity index is 1.27. The Labute approximate surface area is 328 Å². The van der Waals surface area contributed by atoms with E-state index in [0.29, 0.717) is 12.8 Å².